The molecule has 26 heavy (non-hydrogen) atoms. The molecule has 144 valence electrons. The zero-order chi connectivity index (χ0) is 18.0. The number of hydrogen-bond acceptors (Lipinski definition) is 4. The number of amides is 1. The number of likely N-dealkylation sites (tertiary alicyclic amines) is 1. The van der Waals surface area contributed by atoms with Crippen molar-refractivity contribution in [3.8, 4) is 0 Å². The van der Waals surface area contributed by atoms with E-state index in [0.29, 0.717) is 5.92 Å². The minimum atomic E-state index is -0.202. The third kappa shape index (κ3) is 3.29. The molecule has 4 rings (SSSR count). The van der Waals surface area contributed by atoms with E-state index in [4.69, 9.17) is 9.47 Å². The average molecular weight is 361 g/mol. The Balaban J connectivity index is 1.43. The van der Waals surface area contributed by atoms with Crippen molar-refractivity contribution >= 4 is 5.91 Å². The van der Waals surface area contributed by atoms with Gasteiger partial charge in [-0.3, -0.25) is 9.89 Å². The molecule has 1 N–H and O–H groups in total. The number of hydrogen-bond donors (Lipinski definition) is 1. The number of ether oxygens (including phenoxy) is 2. The van der Waals surface area contributed by atoms with Crippen LogP contribution in [0.1, 0.15) is 79.8 Å². The summed E-state index contributed by atoms with van der Waals surface area (Å²) in [6.45, 7) is 2.27. The quantitative estimate of drug-likeness (QED) is 0.897. The smallest absolute Gasteiger partial charge is 0.257 e. The lowest BCUT2D eigenvalue weighted by Crippen LogP contribution is -2.56. The minimum Gasteiger partial charge on any atom is -0.378 e. The van der Waals surface area contributed by atoms with Gasteiger partial charge in [0, 0.05) is 32.7 Å². The molecule has 1 aromatic rings. The molecule has 6 nitrogen and oxygen atoms in total. The Bertz CT molecular complexity index is 616. The van der Waals surface area contributed by atoms with Gasteiger partial charge in [0.15, 0.2) is 0 Å². The number of nitrogens with zero attached hydrogens (tertiary/aromatic N) is 2. The van der Waals surface area contributed by atoms with E-state index in [1.165, 1.54) is 19.3 Å². The third-order valence-corrected chi connectivity index (χ3v) is 6.68. The number of nitrogens with one attached hydrogen (secondary N) is 1. The van der Waals surface area contributed by atoms with Gasteiger partial charge in [-0.15, -0.1) is 0 Å². The van der Waals surface area contributed by atoms with Crippen molar-refractivity contribution in [2.75, 3.05) is 26.8 Å². The number of carbonyl (C=O) groups excluding carboxylic acids is 1. The van der Waals surface area contributed by atoms with Gasteiger partial charge in [0.1, 0.15) is 0 Å². The molecule has 1 unspecified atom stereocenters. The fourth-order valence-corrected chi connectivity index (χ4v) is 5.13. The summed E-state index contributed by atoms with van der Waals surface area (Å²) in [5, 5.41) is 7.33. The lowest BCUT2D eigenvalue weighted by molar-refractivity contribution is -0.183. The first kappa shape index (κ1) is 18.0. The average Bonchev–Trinajstić information content (AvgIpc) is 3.19. The molecule has 1 amide bonds. The molecule has 0 aromatic carbocycles. The Labute approximate surface area is 155 Å². The van der Waals surface area contributed by atoms with Crippen LogP contribution in [0.15, 0.2) is 6.20 Å². The lowest BCUT2D eigenvalue weighted by Gasteiger charge is -2.48. The van der Waals surface area contributed by atoms with Gasteiger partial charge in [-0.25, -0.2) is 0 Å². The normalized spacial score (nSPS) is 27.0. The van der Waals surface area contributed by atoms with Gasteiger partial charge in [-0.1, -0.05) is 19.3 Å². The number of H-pyrrole nitrogens is 1. The maximum absolute atomic E-state index is 13.1. The van der Waals surface area contributed by atoms with Crippen LogP contribution in [0, 0.1) is 0 Å². The second-order valence-electron chi connectivity index (χ2n) is 8.10. The Hall–Kier alpha value is -1.40. The highest BCUT2D eigenvalue weighted by molar-refractivity contribution is 5.95. The van der Waals surface area contributed by atoms with Crippen molar-refractivity contribution in [1.82, 2.24) is 15.1 Å². The molecule has 3 aliphatic rings. The predicted molar refractivity (Wildman–Crippen MR) is 98.3 cm³/mol. The third-order valence-electron chi connectivity index (χ3n) is 6.68. The second-order valence-corrected chi connectivity index (χ2v) is 8.10. The van der Waals surface area contributed by atoms with Crippen molar-refractivity contribution in [3.05, 3.63) is 17.5 Å². The zero-order valence-corrected chi connectivity index (χ0v) is 15.8. The highest BCUT2D eigenvalue weighted by Crippen LogP contribution is 2.38. The van der Waals surface area contributed by atoms with Crippen LogP contribution in [-0.2, 0) is 9.47 Å². The number of piperidine rings is 1. The first-order chi connectivity index (χ1) is 12.7. The highest BCUT2D eigenvalue weighted by atomic mass is 16.5. The molecular weight excluding hydrogens is 330 g/mol. The van der Waals surface area contributed by atoms with E-state index in [1.807, 2.05) is 4.90 Å². The molecular formula is C20H31N3O3. The first-order valence-corrected chi connectivity index (χ1v) is 10.2. The summed E-state index contributed by atoms with van der Waals surface area (Å²) in [7, 11) is 1.78. The molecule has 6 heteroatoms. The minimum absolute atomic E-state index is 0.124. The van der Waals surface area contributed by atoms with Crippen LogP contribution in [0.4, 0.5) is 0 Å². The van der Waals surface area contributed by atoms with E-state index >= 15 is 0 Å². The predicted octanol–water partition coefficient (Wildman–Crippen LogP) is 3.26. The van der Waals surface area contributed by atoms with Crippen molar-refractivity contribution in [3.63, 3.8) is 0 Å². The van der Waals surface area contributed by atoms with Crippen LogP contribution in [0.2, 0.25) is 0 Å². The van der Waals surface area contributed by atoms with Crippen LogP contribution in [0.3, 0.4) is 0 Å². The van der Waals surface area contributed by atoms with E-state index in [2.05, 4.69) is 10.2 Å². The van der Waals surface area contributed by atoms with Crippen LogP contribution < -0.4 is 0 Å². The van der Waals surface area contributed by atoms with Crippen molar-refractivity contribution in [2.24, 2.45) is 0 Å². The second kappa shape index (κ2) is 7.69. The largest absolute Gasteiger partial charge is 0.378 e. The van der Waals surface area contributed by atoms with E-state index in [1.54, 1.807) is 13.3 Å². The zero-order valence-electron chi connectivity index (χ0n) is 15.8. The Morgan fingerprint density at radius 1 is 1.23 bits per heavy atom. The Morgan fingerprint density at radius 3 is 2.73 bits per heavy atom. The Morgan fingerprint density at radius 2 is 2.00 bits per heavy atom. The Kier molecular flexibility index (Phi) is 5.32. The van der Waals surface area contributed by atoms with Crippen molar-refractivity contribution in [1.29, 1.82) is 0 Å². The van der Waals surface area contributed by atoms with Gasteiger partial charge in [-0.05, 0) is 38.5 Å². The number of aromatic nitrogens is 2. The first-order valence-electron chi connectivity index (χ1n) is 10.2. The number of methoxy groups -OCH3 is 1. The van der Waals surface area contributed by atoms with E-state index in [-0.39, 0.29) is 17.6 Å². The number of rotatable bonds is 3. The van der Waals surface area contributed by atoms with Crippen LogP contribution in [-0.4, -0.2) is 59.5 Å². The summed E-state index contributed by atoms with van der Waals surface area (Å²) in [5.74, 6) is 0.583. The van der Waals surface area contributed by atoms with Gasteiger partial charge in [0.25, 0.3) is 5.91 Å². The fraction of sp³-hybridized carbons (Fsp3) is 0.800. The van der Waals surface area contributed by atoms with E-state index < -0.39 is 0 Å². The molecule has 1 aromatic heterocycles. The maximum Gasteiger partial charge on any atom is 0.257 e. The van der Waals surface area contributed by atoms with Gasteiger partial charge in [0.2, 0.25) is 0 Å². The molecule has 1 spiro atoms. The molecule has 2 saturated heterocycles. The highest BCUT2D eigenvalue weighted by Gasteiger charge is 2.45. The molecule has 1 saturated carbocycles. The topological polar surface area (TPSA) is 67.5 Å². The van der Waals surface area contributed by atoms with Crippen LogP contribution in [0.25, 0.3) is 0 Å². The van der Waals surface area contributed by atoms with Gasteiger partial charge in [0.05, 0.1) is 29.2 Å². The summed E-state index contributed by atoms with van der Waals surface area (Å²) < 4.78 is 11.9. The molecule has 3 fully saturated rings. The summed E-state index contributed by atoms with van der Waals surface area (Å²) in [6, 6.07) is 0. The van der Waals surface area contributed by atoms with Crippen LogP contribution >= 0.6 is 0 Å². The van der Waals surface area contributed by atoms with Crippen molar-refractivity contribution in [2.45, 2.75) is 75.4 Å². The molecule has 0 radical (unpaired) electrons. The molecule has 3 heterocycles. The maximum atomic E-state index is 13.1. The molecule has 1 aliphatic carbocycles. The number of aromatic amines is 1. The summed E-state index contributed by atoms with van der Waals surface area (Å²) in [4.78, 5) is 15.1. The van der Waals surface area contributed by atoms with Gasteiger partial charge < -0.3 is 14.4 Å². The summed E-state index contributed by atoms with van der Waals surface area (Å²) >= 11 is 0. The van der Waals surface area contributed by atoms with Crippen LogP contribution in [0.5, 0.6) is 0 Å². The van der Waals surface area contributed by atoms with E-state index in [0.717, 1.165) is 69.5 Å². The molecule has 0 bridgehead atoms. The number of carbonyl (C=O) groups is 1. The summed E-state index contributed by atoms with van der Waals surface area (Å²) in [6.07, 6.45) is 11.8. The van der Waals surface area contributed by atoms with Gasteiger partial charge in [-0.2, -0.15) is 5.10 Å². The molecule has 1 atom stereocenters. The monoisotopic (exact) mass is 361 g/mol. The van der Waals surface area contributed by atoms with Gasteiger partial charge >= 0.3 is 0 Å². The van der Waals surface area contributed by atoms with E-state index in [9.17, 15) is 4.79 Å². The van der Waals surface area contributed by atoms with Crippen molar-refractivity contribution < 1.29 is 14.3 Å². The molecule has 2 aliphatic heterocycles. The summed E-state index contributed by atoms with van der Waals surface area (Å²) in [5.41, 5.74) is 1.63. The fourth-order valence-electron chi connectivity index (χ4n) is 5.13. The lowest BCUT2D eigenvalue weighted by atomic mass is 9.81. The SMILES string of the molecule is COC1CCCOC12CCN(C(=O)c1cn[nH]c1C1CCCCC1)CC2. The standard InChI is InChI=1S/C20H31N3O3/c1-25-17-8-5-13-26-20(17)9-11-23(12-10-20)19(24)16-14-21-22-18(16)15-6-3-2-4-7-15/h14-15,17H,2-13H2,1H3,(H,21,22).